The Hall–Kier alpha value is -1.59. The Morgan fingerprint density at radius 1 is 1.33 bits per heavy atom. The molecule has 5 nitrogen and oxygen atoms in total. The number of hydrogen-bond donors (Lipinski definition) is 4. The molecule has 4 N–H and O–H groups in total. The molecule has 2 aromatic rings. The van der Waals surface area contributed by atoms with Crippen molar-refractivity contribution in [3.8, 4) is 0 Å². The van der Waals surface area contributed by atoms with Crippen LogP contribution < -0.4 is 11.0 Å². The molecule has 1 aromatic heterocycles. The lowest BCUT2D eigenvalue weighted by Gasteiger charge is -2.20. The maximum atomic E-state index is 11.2. The van der Waals surface area contributed by atoms with E-state index in [4.69, 9.17) is 0 Å². The average molecular weight is 249 g/mol. The number of fused-ring (bicyclic) bond motifs is 1. The topological polar surface area (TPSA) is 80.9 Å². The number of imidazole rings is 1. The Labute approximate surface area is 105 Å². The fourth-order valence-electron chi connectivity index (χ4n) is 2.07. The molecule has 1 unspecified atom stereocenters. The van der Waals surface area contributed by atoms with Gasteiger partial charge in [-0.3, -0.25) is 0 Å². The summed E-state index contributed by atoms with van der Waals surface area (Å²) >= 11 is 0. The molecular weight excluding hydrogens is 230 g/mol. The lowest BCUT2D eigenvalue weighted by atomic mass is 10.1. The lowest BCUT2D eigenvalue weighted by Crippen LogP contribution is -2.33. The highest BCUT2D eigenvalue weighted by molar-refractivity contribution is 5.75. The Morgan fingerprint density at radius 2 is 2.06 bits per heavy atom. The Balaban J connectivity index is 2.21. The van der Waals surface area contributed by atoms with Gasteiger partial charge in [0.1, 0.15) is 0 Å². The lowest BCUT2D eigenvalue weighted by molar-refractivity contribution is 0.230. The molecule has 0 aliphatic heterocycles. The van der Waals surface area contributed by atoms with Crippen LogP contribution in [0.2, 0.25) is 0 Å². The Bertz CT molecular complexity index is 569. The molecule has 0 bridgehead atoms. The summed E-state index contributed by atoms with van der Waals surface area (Å²) in [7, 11) is 0. The molecule has 0 saturated carbocycles. The van der Waals surface area contributed by atoms with E-state index in [0.717, 1.165) is 23.0 Å². The minimum atomic E-state index is -0.190. The van der Waals surface area contributed by atoms with Crippen molar-refractivity contribution in [3.05, 3.63) is 34.2 Å². The molecule has 0 amide bonds. The summed E-state index contributed by atoms with van der Waals surface area (Å²) in [6.07, 6.45) is 0.879. The smallest absolute Gasteiger partial charge is 0.323 e. The zero-order valence-electron chi connectivity index (χ0n) is 10.7. The molecule has 0 spiro atoms. The van der Waals surface area contributed by atoms with Crippen molar-refractivity contribution in [2.24, 2.45) is 0 Å². The maximum absolute atomic E-state index is 11.2. The molecular formula is C13H19N3O2. The third-order valence-corrected chi connectivity index (χ3v) is 3.24. The van der Waals surface area contributed by atoms with Crippen LogP contribution in [0.25, 0.3) is 11.0 Å². The molecule has 0 saturated heterocycles. The van der Waals surface area contributed by atoms with Crippen molar-refractivity contribution < 1.29 is 5.11 Å². The molecule has 0 radical (unpaired) electrons. The summed E-state index contributed by atoms with van der Waals surface area (Å²) in [5, 5.41) is 12.5. The number of nitrogens with one attached hydrogen (secondary N) is 3. The van der Waals surface area contributed by atoms with Crippen LogP contribution in [0.1, 0.15) is 31.9 Å². The van der Waals surface area contributed by atoms with Crippen molar-refractivity contribution in [2.75, 3.05) is 6.61 Å². The van der Waals surface area contributed by atoms with Gasteiger partial charge in [-0.15, -0.1) is 0 Å². The number of H-pyrrole nitrogens is 2. The van der Waals surface area contributed by atoms with Gasteiger partial charge in [0.05, 0.1) is 17.6 Å². The van der Waals surface area contributed by atoms with Crippen molar-refractivity contribution in [2.45, 2.75) is 32.4 Å². The van der Waals surface area contributed by atoms with Gasteiger partial charge < -0.3 is 20.4 Å². The van der Waals surface area contributed by atoms with Crippen LogP contribution in [0.3, 0.4) is 0 Å². The van der Waals surface area contributed by atoms with E-state index in [9.17, 15) is 9.90 Å². The zero-order chi connectivity index (χ0) is 13.1. The fraction of sp³-hybridized carbons (Fsp3) is 0.462. The second-order valence-electron chi connectivity index (χ2n) is 4.56. The van der Waals surface area contributed by atoms with E-state index >= 15 is 0 Å². The quantitative estimate of drug-likeness (QED) is 0.644. The SMILES string of the molecule is CC[C@@H](CO)NC(C)c1ccc2[nH]c(=O)[nH]c2c1. The third kappa shape index (κ3) is 2.63. The van der Waals surface area contributed by atoms with Gasteiger partial charge in [0.15, 0.2) is 0 Å². The third-order valence-electron chi connectivity index (χ3n) is 3.24. The number of aliphatic hydroxyl groups excluding tert-OH is 1. The van der Waals surface area contributed by atoms with E-state index < -0.39 is 0 Å². The van der Waals surface area contributed by atoms with Crippen LogP contribution in [-0.4, -0.2) is 27.7 Å². The summed E-state index contributed by atoms with van der Waals surface area (Å²) in [5.41, 5.74) is 2.52. The maximum Gasteiger partial charge on any atom is 0.323 e. The number of rotatable bonds is 5. The van der Waals surface area contributed by atoms with Crippen molar-refractivity contribution >= 4 is 11.0 Å². The van der Waals surface area contributed by atoms with Gasteiger partial charge in [0, 0.05) is 12.1 Å². The van der Waals surface area contributed by atoms with Crippen LogP contribution in [0, 0.1) is 0 Å². The molecule has 98 valence electrons. The first kappa shape index (κ1) is 12.9. The second-order valence-corrected chi connectivity index (χ2v) is 4.56. The number of benzene rings is 1. The molecule has 18 heavy (non-hydrogen) atoms. The van der Waals surface area contributed by atoms with E-state index in [2.05, 4.69) is 15.3 Å². The molecule has 2 rings (SSSR count). The standard InChI is InChI=1S/C13H19N3O2/c1-3-10(7-17)14-8(2)9-4-5-11-12(6-9)16-13(18)15-11/h4-6,8,10,14,17H,3,7H2,1-2H3,(H2,15,16,18)/t8?,10-/m0/s1. The van der Waals surface area contributed by atoms with E-state index in [-0.39, 0.29) is 24.4 Å². The summed E-state index contributed by atoms with van der Waals surface area (Å²) in [6.45, 7) is 4.21. The minimum Gasteiger partial charge on any atom is -0.395 e. The number of aliphatic hydroxyl groups is 1. The summed E-state index contributed by atoms with van der Waals surface area (Å²) in [4.78, 5) is 16.6. The summed E-state index contributed by atoms with van der Waals surface area (Å²) < 4.78 is 0. The Kier molecular flexibility index (Phi) is 3.84. The van der Waals surface area contributed by atoms with Gasteiger partial charge >= 0.3 is 5.69 Å². The fourth-order valence-corrected chi connectivity index (χ4v) is 2.07. The van der Waals surface area contributed by atoms with Crippen molar-refractivity contribution in [1.29, 1.82) is 0 Å². The van der Waals surface area contributed by atoms with E-state index in [1.165, 1.54) is 0 Å². The average Bonchev–Trinajstić information content (AvgIpc) is 2.74. The minimum absolute atomic E-state index is 0.0981. The van der Waals surface area contributed by atoms with Crippen LogP contribution >= 0.6 is 0 Å². The van der Waals surface area contributed by atoms with Gasteiger partial charge in [-0.25, -0.2) is 4.79 Å². The number of aromatic amines is 2. The Morgan fingerprint density at radius 3 is 2.72 bits per heavy atom. The highest BCUT2D eigenvalue weighted by atomic mass is 16.3. The van der Waals surface area contributed by atoms with Crippen LogP contribution in [-0.2, 0) is 0 Å². The van der Waals surface area contributed by atoms with Gasteiger partial charge in [0.25, 0.3) is 0 Å². The summed E-state index contributed by atoms with van der Waals surface area (Å²) in [5.74, 6) is 0. The first-order chi connectivity index (χ1) is 8.63. The van der Waals surface area contributed by atoms with E-state index in [1.54, 1.807) is 0 Å². The molecule has 0 fully saturated rings. The largest absolute Gasteiger partial charge is 0.395 e. The summed E-state index contributed by atoms with van der Waals surface area (Å²) in [6, 6.07) is 6.05. The molecule has 0 aliphatic carbocycles. The van der Waals surface area contributed by atoms with Crippen molar-refractivity contribution in [1.82, 2.24) is 15.3 Å². The van der Waals surface area contributed by atoms with Gasteiger partial charge in [-0.1, -0.05) is 13.0 Å². The van der Waals surface area contributed by atoms with Gasteiger partial charge in [-0.2, -0.15) is 0 Å². The number of hydrogen-bond acceptors (Lipinski definition) is 3. The predicted octanol–water partition coefficient (Wildman–Crippen LogP) is 1.28. The van der Waals surface area contributed by atoms with Crippen LogP contribution in [0.4, 0.5) is 0 Å². The van der Waals surface area contributed by atoms with Gasteiger partial charge in [-0.05, 0) is 31.0 Å². The first-order valence-corrected chi connectivity index (χ1v) is 6.23. The van der Waals surface area contributed by atoms with Crippen LogP contribution in [0.5, 0.6) is 0 Å². The molecule has 5 heteroatoms. The van der Waals surface area contributed by atoms with E-state index in [1.807, 2.05) is 32.0 Å². The van der Waals surface area contributed by atoms with E-state index in [0.29, 0.717) is 0 Å². The molecule has 0 aliphatic rings. The second kappa shape index (κ2) is 5.37. The molecule has 1 heterocycles. The normalized spacial score (nSPS) is 14.8. The highest BCUT2D eigenvalue weighted by Gasteiger charge is 2.11. The molecule has 1 aromatic carbocycles. The number of aromatic nitrogens is 2. The van der Waals surface area contributed by atoms with Crippen LogP contribution in [0.15, 0.2) is 23.0 Å². The monoisotopic (exact) mass is 249 g/mol. The molecule has 2 atom stereocenters. The van der Waals surface area contributed by atoms with Crippen molar-refractivity contribution in [3.63, 3.8) is 0 Å². The predicted molar refractivity (Wildman–Crippen MR) is 71.6 cm³/mol. The first-order valence-electron chi connectivity index (χ1n) is 6.23. The highest BCUT2D eigenvalue weighted by Crippen LogP contribution is 2.17. The zero-order valence-corrected chi connectivity index (χ0v) is 10.7. The van der Waals surface area contributed by atoms with Gasteiger partial charge in [0.2, 0.25) is 0 Å².